The van der Waals surface area contributed by atoms with Crippen molar-refractivity contribution >= 4 is 17.5 Å². The van der Waals surface area contributed by atoms with E-state index in [0.29, 0.717) is 50.1 Å². The molecule has 1 aromatic carbocycles. The van der Waals surface area contributed by atoms with E-state index in [1.54, 1.807) is 25.1 Å². The van der Waals surface area contributed by atoms with Gasteiger partial charge in [0.2, 0.25) is 11.8 Å². The number of allylic oxidation sites excluding steroid dienone is 1. The van der Waals surface area contributed by atoms with Crippen molar-refractivity contribution in [1.82, 2.24) is 15.1 Å². The maximum Gasteiger partial charge on any atom is 0.318 e. The quantitative estimate of drug-likeness (QED) is 0.737. The van der Waals surface area contributed by atoms with E-state index in [9.17, 15) is 9.18 Å². The largest absolute Gasteiger partial charge is 0.408 e. The lowest BCUT2D eigenvalue weighted by Gasteiger charge is -2.33. The van der Waals surface area contributed by atoms with Gasteiger partial charge in [-0.2, -0.15) is 0 Å². The third-order valence-corrected chi connectivity index (χ3v) is 5.01. The molecule has 1 amide bonds. The highest BCUT2D eigenvalue weighted by Crippen LogP contribution is 2.25. The molecule has 0 aliphatic carbocycles. The fourth-order valence-corrected chi connectivity index (χ4v) is 3.27. The molecule has 0 N–H and O–H groups in total. The molecule has 0 saturated carbocycles. The molecule has 7 heteroatoms. The Morgan fingerprint density at radius 2 is 1.96 bits per heavy atom. The van der Waals surface area contributed by atoms with Gasteiger partial charge in [-0.1, -0.05) is 31.9 Å². The molecule has 2 heterocycles. The molecule has 0 radical (unpaired) electrons. The third-order valence-electron chi connectivity index (χ3n) is 5.01. The van der Waals surface area contributed by atoms with Crippen LogP contribution in [-0.2, 0) is 11.2 Å². The number of aromatic nitrogens is 2. The Kier molecular flexibility index (Phi) is 6.11. The van der Waals surface area contributed by atoms with Crippen LogP contribution in [0.4, 0.5) is 10.4 Å². The SMILES string of the molecule is CCc1nnc(N2CCN(C(=O)/C=C(/c3ccc(F)c(C)c3)C(C)C)CC2)o1. The van der Waals surface area contributed by atoms with Crippen molar-refractivity contribution in [2.24, 2.45) is 5.92 Å². The second-order valence-electron chi connectivity index (χ2n) is 7.36. The van der Waals surface area contributed by atoms with E-state index in [-0.39, 0.29) is 17.6 Å². The summed E-state index contributed by atoms with van der Waals surface area (Å²) in [5, 5.41) is 8.06. The fourth-order valence-electron chi connectivity index (χ4n) is 3.27. The van der Waals surface area contributed by atoms with Crippen LogP contribution in [0, 0.1) is 18.7 Å². The van der Waals surface area contributed by atoms with Gasteiger partial charge >= 0.3 is 6.01 Å². The zero-order chi connectivity index (χ0) is 20.3. The minimum atomic E-state index is -0.235. The molecule has 0 bridgehead atoms. The summed E-state index contributed by atoms with van der Waals surface area (Å²) in [6.07, 6.45) is 2.39. The number of benzene rings is 1. The van der Waals surface area contributed by atoms with Crippen LogP contribution in [0.25, 0.3) is 5.57 Å². The van der Waals surface area contributed by atoms with Gasteiger partial charge in [0.15, 0.2) is 0 Å². The number of halogens is 1. The molecule has 28 heavy (non-hydrogen) atoms. The lowest BCUT2D eigenvalue weighted by Crippen LogP contribution is -2.48. The maximum atomic E-state index is 13.6. The molecule has 1 fully saturated rings. The fraction of sp³-hybridized carbons (Fsp3) is 0.476. The third kappa shape index (κ3) is 4.40. The van der Waals surface area contributed by atoms with Crippen molar-refractivity contribution in [2.45, 2.75) is 34.1 Å². The number of amides is 1. The average Bonchev–Trinajstić information content (AvgIpc) is 3.17. The van der Waals surface area contributed by atoms with Crippen molar-refractivity contribution in [3.8, 4) is 0 Å². The minimum Gasteiger partial charge on any atom is -0.408 e. The lowest BCUT2D eigenvalue weighted by atomic mass is 9.93. The van der Waals surface area contributed by atoms with Crippen LogP contribution in [-0.4, -0.2) is 47.2 Å². The van der Waals surface area contributed by atoms with Gasteiger partial charge in [-0.3, -0.25) is 4.79 Å². The molecule has 1 aromatic heterocycles. The summed E-state index contributed by atoms with van der Waals surface area (Å²) in [6, 6.07) is 5.51. The molecule has 1 aliphatic rings. The number of piperazine rings is 1. The predicted octanol–water partition coefficient (Wildman–Crippen LogP) is 3.47. The van der Waals surface area contributed by atoms with Crippen LogP contribution in [0.15, 0.2) is 28.7 Å². The second kappa shape index (κ2) is 8.54. The number of carbonyl (C=O) groups excluding carboxylic acids is 1. The Bertz CT molecular complexity index is 867. The van der Waals surface area contributed by atoms with Gasteiger partial charge in [-0.05, 0) is 41.7 Å². The molecule has 0 unspecified atom stereocenters. The van der Waals surface area contributed by atoms with E-state index in [2.05, 4.69) is 10.2 Å². The summed E-state index contributed by atoms with van der Waals surface area (Å²) in [5.74, 6) is 0.514. The highest BCUT2D eigenvalue weighted by molar-refractivity contribution is 5.95. The molecule has 1 saturated heterocycles. The highest BCUT2D eigenvalue weighted by atomic mass is 19.1. The summed E-state index contributed by atoms with van der Waals surface area (Å²) in [7, 11) is 0. The Balaban J connectivity index is 1.69. The van der Waals surface area contributed by atoms with Crippen LogP contribution in [0.1, 0.15) is 37.8 Å². The summed E-state index contributed by atoms with van der Waals surface area (Å²) in [5.41, 5.74) is 2.38. The molecule has 150 valence electrons. The van der Waals surface area contributed by atoms with E-state index < -0.39 is 0 Å². The maximum absolute atomic E-state index is 13.6. The van der Waals surface area contributed by atoms with Crippen molar-refractivity contribution in [2.75, 3.05) is 31.1 Å². The standard InChI is InChI=1S/C21H27FN4O2/c1-5-19-23-24-21(28-19)26-10-8-25(9-11-26)20(27)13-17(14(2)3)16-6-7-18(22)15(4)12-16/h6-7,12-14H,5,8-11H2,1-4H3/b17-13+. The summed E-state index contributed by atoms with van der Waals surface area (Å²) < 4.78 is 19.2. The van der Waals surface area contributed by atoms with Gasteiger partial charge in [0.05, 0.1) is 0 Å². The molecular formula is C21H27FN4O2. The highest BCUT2D eigenvalue weighted by Gasteiger charge is 2.24. The Labute approximate surface area is 165 Å². The minimum absolute atomic E-state index is 0.0231. The summed E-state index contributed by atoms with van der Waals surface area (Å²) in [6.45, 7) is 10.3. The number of aryl methyl sites for hydroxylation is 2. The lowest BCUT2D eigenvalue weighted by molar-refractivity contribution is -0.126. The van der Waals surface area contributed by atoms with Gasteiger partial charge in [0.1, 0.15) is 5.82 Å². The number of carbonyl (C=O) groups is 1. The number of rotatable bonds is 5. The van der Waals surface area contributed by atoms with Crippen molar-refractivity contribution < 1.29 is 13.6 Å². The van der Waals surface area contributed by atoms with Gasteiger partial charge < -0.3 is 14.2 Å². The molecule has 1 aliphatic heterocycles. The first-order chi connectivity index (χ1) is 13.4. The van der Waals surface area contributed by atoms with Crippen molar-refractivity contribution in [3.05, 3.63) is 47.1 Å². The molecule has 2 aromatic rings. The normalized spacial score (nSPS) is 15.4. The van der Waals surface area contributed by atoms with Crippen LogP contribution >= 0.6 is 0 Å². The van der Waals surface area contributed by atoms with E-state index in [1.165, 1.54) is 6.07 Å². The van der Waals surface area contributed by atoms with Gasteiger partial charge in [-0.25, -0.2) is 4.39 Å². The van der Waals surface area contributed by atoms with E-state index in [4.69, 9.17) is 4.42 Å². The van der Waals surface area contributed by atoms with E-state index in [0.717, 1.165) is 11.1 Å². The van der Waals surface area contributed by atoms with Gasteiger partial charge in [0.25, 0.3) is 0 Å². The zero-order valence-electron chi connectivity index (χ0n) is 16.9. The second-order valence-corrected chi connectivity index (χ2v) is 7.36. The topological polar surface area (TPSA) is 62.5 Å². The van der Waals surface area contributed by atoms with Crippen molar-refractivity contribution in [1.29, 1.82) is 0 Å². The van der Waals surface area contributed by atoms with Crippen LogP contribution in [0.5, 0.6) is 0 Å². The van der Waals surface area contributed by atoms with E-state index in [1.807, 2.05) is 30.6 Å². The monoisotopic (exact) mass is 386 g/mol. The van der Waals surface area contributed by atoms with Gasteiger partial charge in [0, 0.05) is 38.7 Å². The van der Waals surface area contributed by atoms with E-state index >= 15 is 0 Å². The number of hydrogen-bond acceptors (Lipinski definition) is 5. The Morgan fingerprint density at radius 1 is 1.25 bits per heavy atom. The predicted molar refractivity (Wildman–Crippen MR) is 106 cm³/mol. The summed E-state index contributed by atoms with van der Waals surface area (Å²) in [4.78, 5) is 16.7. The first-order valence-electron chi connectivity index (χ1n) is 9.73. The van der Waals surface area contributed by atoms with Crippen LogP contribution in [0.2, 0.25) is 0 Å². The Morgan fingerprint density at radius 3 is 2.54 bits per heavy atom. The first-order valence-corrected chi connectivity index (χ1v) is 9.73. The average molecular weight is 386 g/mol. The molecular weight excluding hydrogens is 359 g/mol. The first kappa shape index (κ1) is 20.0. The molecule has 0 spiro atoms. The molecule has 0 atom stereocenters. The van der Waals surface area contributed by atoms with Crippen LogP contribution < -0.4 is 4.90 Å². The zero-order valence-corrected chi connectivity index (χ0v) is 16.9. The Hall–Kier alpha value is -2.70. The smallest absolute Gasteiger partial charge is 0.318 e. The number of nitrogens with zero attached hydrogens (tertiary/aromatic N) is 4. The number of hydrogen-bond donors (Lipinski definition) is 0. The number of anilines is 1. The molecule has 6 nitrogen and oxygen atoms in total. The molecule has 3 rings (SSSR count). The summed E-state index contributed by atoms with van der Waals surface area (Å²) >= 11 is 0. The van der Waals surface area contributed by atoms with Gasteiger partial charge in [-0.15, -0.1) is 5.10 Å². The van der Waals surface area contributed by atoms with Crippen molar-refractivity contribution in [3.63, 3.8) is 0 Å². The van der Waals surface area contributed by atoms with Crippen LogP contribution in [0.3, 0.4) is 0 Å².